The average molecular weight is 305 g/mol. The van der Waals surface area contributed by atoms with Gasteiger partial charge in [-0.1, -0.05) is 6.42 Å². The molecule has 2 fully saturated rings. The van der Waals surface area contributed by atoms with Crippen molar-refractivity contribution in [1.29, 1.82) is 0 Å². The van der Waals surface area contributed by atoms with Crippen molar-refractivity contribution in [1.82, 2.24) is 4.72 Å². The smallest absolute Gasteiger partial charge is 0.310 e. The molecule has 7 heteroatoms. The minimum absolute atomic E-state index is 0.415. The zero-order valence-electron chi connectivity index (χ0n) is 11.8. The van der Waals surface area contributed by atoms with Gasteiger partial charge in [0.15, 0.2) is 0 Å². The molecule has 1 heterocycles. The number of hydrogen-bond acceptors (Lipinski definition) is 5. The fourth-order valence-electron chi connectivity index (χ4n) is 3.04. The minimum atomic E-state index is -3.45. The lowest BCUT2D eigenvalue weighted by molar-refractivity contribution is -0.145. The topological polar surface area (TPSA) is 81.7 Å². The van der Waals surface area contributed by atoms with Crippen LogP contribution in [0.25, 0.3) is 0 Å². The van der Waals surface area contributed by atoms with E-state index < -0.39 is 27.2 Å². The molecule has 0 bridgehead atoms. The second kappa shape index (κ2) is 6.87. The molecule has 0 aromatic carbocycles. The van der Waals surface area contributed by atoms with Gasteiger partial charge in [0.2, 0.25) is 10.0 Å². The first kappa shape index (κ1) is 15.7. The summed E-state index contributed by atoms with van der Waals surface area (Å²) in [4.78, 5) is 11.6. The molecule has 1 saturated carbocycles. The number of esters is 1. The summed E-state index contributed by atoms with van der Waals surface area (Å²) < 4.78 is 37.2. The van der Waals surface area contributed by atoms with Crippen LogP contribution in [-0.4, -0.2) is 46.5 Å². The molecule has 1 aliphatic heterocycles. The normalized spacial score (nSPS) is 30.6. The van der Waals surface area contributed by atoms with Crippen molar-refractivity contribution in [2.75, 3.05) is 26.9 Å². The van der Waals surface area contributed by atoms with Gasteiger partial charge in [-0.25, -0.2) is 13.1 Å². The summed E-state index contributed by atoms with van der Waals surface area (Å²) in [6.07, 6.45) is 3.66. The van der Waals surface area contributed by atoms with E-state index >= 15 is 0 Å². The van der Waals surface area contributed by atoms with Crippen LogP contribution in [-0.2, 0) is 24.3 Å². The van der Waals surface area contributed by atoms with Crippen LogP contribution in [0, 0.1) is 11.8 Å². The average Bonchev–Trinajstić information content (AvgIpc) is 3.08. The number of methoxy groups -OCH3 is 1. The summed E-state index contributed by atoms with van der Waals surface area (Å²) in [7, 11) is -2.14. The highest BCUT2D eigenvalue weighted by atomic mass is 32.2. The second-order valence-electron chi connectivity index (χ2n) is 5.56. The Morgan fingerprint density at radius 2 is 2.15 bits per heavy atom. The highest BCUT2D eigenvalue weighted by Crippen LogP contribution is 2.31. The van der Waals surface area contributed by atoms with Gasteiger partial charge in [0, 0.05) is 19.8 Å². The Bertz CT molecular complexity index is 430. The highest BCUT2D eigenvalue weighted by molar-refractivity contribution is 7.90. The number of hydrogen-bond donors (Lipinski definition) is 1. The van der Waals surface area contributed by atoms with E-state index in [9.17, 15) is 13.2 Å². The molecule has 2 aliphatic rings. The Morgan fingerprint density at radius 3 is 2.80 bits per heavy atom. The Morgan fingerprint density at radius 1 is 1.35 bits per heavy atom. The lowest BCUT2D eigenvalue weighted by Crippen LogP contribution is -2.40. The summed E-state index contributed by atoms with van der Waals surface area (Å²) >= 11 is 0. The molecule has 1 saturated heterocycles. The number of rotatable bonds is 6. The van der Waals surface area contributed by atoms with Crippen LogP contribution >= 0.6 is 0 Å². The van der Waals surface area contributed by atoms with Gasteiger partial charge in [-0.2, -0.15) is 0 Å². The molecule has 6 nitrogen and oxygen atoms in total. The number of carbonyl (C=O) groups excluding carboxylic acids is 1. The van der Waals surface area contributed by atoms with Crippen molar-refractivity contribution in [3.8, 4) is 0 Å². The van der Waals surface area contributed by atoms with Crippen LogP contribution in [0.1, 0.15) is 32.1 Å². The van der Waals surface area contributed by atoms with Gasteiger partial charge in [-0.05, 0) is 31.6 Å². The molecule has 0 amide bonds. The zero-order chi connectivity index (χ0) is 14.6. The largest absolute Gasteiger partial charge is 0.469 e. The molecule has 1 N–H and O–H groups in total. The number of carbonyl (C=O) groups is 1. The van der Waals surface area contributed by atoms with Crippen molar-refractivity contribution < 1.29 is 22.7 Å². The highest BCUT2D eigenvalue weighted by Gasteiger charge is 2.42. The second-order valence-corrected chi connectivity index (χ2v) is 7.54. The van der Waals surface area contributed by atoms with E-state index in [-0.39, 0.29) is 0 Å². The molecule has 1 aliphatic carbocycles. The summed E-state index contributed by atoms with van der Waals surface area (Å²) in [6, 6.07) is 0. The van der Waals surface area contributed by atoms with Crippen LogP contribution in [0.15, 0.2) is 0 Å². The first-order valence-corrected chi connectivity index (χ1v) is 8.73. The van der Waals surface area contributed by atoms with Crippen molar-refractivity contribution in [3.63, 3.8) is 0 Å². The molecule has 0 spiro atoms. The third-order valence-corrected chi connectivity index (χ3v) is 6.20. The van der Waals surface area contributed by atoms with E-state index in [0.717, 1.165) is 32.5 Å². The Hall–Kier alpha value is -0.660. The van der Waals surface area contributed by atoms with E-state index in [2.05, 4.69) is 4.72 Å². The van der Waals surface area contributed by atoms with Gasteiger partial charge in [-0.3, -0.25) is 4.79 Å². The Kier molecular flexibility index (Phi) is 5.40. The minimum Gasteiger partial charge on any atom is -0.469 e. The SMILES string of the molecule is COC(=O)C1CCCC1S(=O)(=O)NCCC1CCOC1. The Balaban J connectivity index is 1.86. The predicted molar refractivity (Wildman–Crippen MR) is 73.6 cm³/mol. The summed E-state index contributed by atoms with van der Waals surface area (Å²) in [5.74, 6) is -0.493. The van der Waals surface area contributed by atoms with Crippen molar-refractivity contribution >= 4 is 16.0 Å². The molecule has 2 rings (SSSR count). The molecule has 0 aromatic rings. The fraction of sp³-hybridized carbons (Fsp3) is 0.923. The third kappa shape index (κ3) is 3.71. The van der Waals surface area contributed by atoms with Crippen LogP contribution < -0.4 is 4.72 Å². The van der Waals surface area contributed by atoms with Gasteiger partial charge >= 0.3 is 5.97 Å². The van der Waals surface area contributed by atoms with Gasteiger partial charge in [0.25, 0.3) is 0 Å². The van der Waals surface area contributed by atoms with E-state index in [1.165, 1.54) is 7.11 Å². The van der Waals surface area contributed by atoms with E-state index in [1.54, 1.807) is 0 Å². The maximum Gasteiger partial charge on any atom is 0.310 e. The third-order valence-electron chi connectivity index (χ3n) is 4.23. The standard InChI is InChI=1S/C13H23NO5S/c1-18-13(15)11-3-2-4-12(11)20(16,17)14-7-5-10-6-8-19-9-10/h10-12,14H,2-9H2,1H3. The number of nitrogens with one attached hydrogen (secondary N) is 1. The van der Waals surface area contributed by atoms with Gasteiger partial charge in [0.1, 0.15) is 0 Å². The molecule has 3 atom stereocenters. The number of ether oxygens (including phenoxy) is 2. The quantitative estimate of drug-likeness (QED) is 0.730. The maximum atomic E-state index is 12.3. The number of sulfonamides is 1. The lowest BCUT2D eigenvalue weighted by atomic mass is 10.1. The van der Waals surface area contributed by atoms with E-state index in [4.69, 9.17) is 9.47 Å². The van der Waals surface area contributed by atoms with Gasteiger partial charge in [-0.15, -0.1) is 0 Å². The van der Waals surface area contributed by atoms with Crippen molar-refractivity contribution in [2.45, 2.75) is 37.4 Å². The van der Waals surface area contributed by atoms with Crippen molar-refractivity contribution in [3.05, 3.63) is 0 Å². The molecule has 20 heavy (non-hydrogen) atoms. The van der Waals surface area contributed by atoms with Crippen LogP contribution in [0.5, 0.6) is 0 Å². The lowest BCUT2D eigenvalue weighted by Gasteiger charge is -2.19. The summed E-state index contributed by atoms with van der Waals surface area (Å²) in [5.41, 5.74) is 0. The molecular weight excluding hydrogens is 282 g/mol. The van der Waals surface area contributed by atoms with Gasteiger partial charge in [0.05, 0.1) is 18.3 Å². The molecule has 0 radical (unpaired) electrons. The predicted octanol–water partition coefficient (Wildman–Crippen LogP) is 0.674. The maximum absolute atomic E-state index is 12.3. The van der Waals surface area contributed by atoms with E-state index in [1.807, 2.05) is 0 Å². The molecule has 3 unspecified atom stereocenters. The molecular formula is C13H23NO5S. The summed E-state index contributed by atoms with van der Waals surface area (Å²) in [6.45, 7) is 1.90. The van der Waals surface area contributed by atoms with Crippen molar-refractivity contribution in [2.24, 2.45) is 11.8 Å². The van der Waals surface area contributed by atoms with Crippen LogP contribution in [0.4, 0.5) is 0 Å². The molecule has 0 aromatic heterocycles. The molecule has 116 valence electrons. The van der Waals surface area contributed by atoms with Gasteiger partial charge < -0.3 is 9.47 Å². The monoisotopic (exact) mass is 305 g/mol. The van der Waals surface area contributed by atoms with E-state index in [0.29, 0.717) is 25.3 Å². The first-order chi connectivity index (χ1) is 9.54. The first-order valence-electron chi connectivity index (χ1n) is 7.18. The van der Waals surface area contributed by atoms with Crippen LogP contribution in [0.2, 0.25) is 0 Å². The van der Waals surface area contributed by atoms with Crippen LogP contribution in [0.3, 0.4) is 0 Å². The zero-order valence-corrected chi connectivity index (χ0v) is 12.7. The summed E-state index contributed by atoms with van der Waals surface area (Å²) in [5, 5.41) is -0.644. The Labute approximate surface area is 120 Å². The fourth-order valence-corrected chi connectivity index (χ4v) is 4.81.